The maximum Gasteiger partial charge on any atom is 0.416 e. The highest BCUT2D eigenvalue weighted by molar-refractivity contribution is 5.92. The van der Waals surface area contributed by atoms with Gasteiger partial charge in [0.15, 0.2) is 0 Å². The van der Waals surface area contributed by atoms with Crippen LogP contribution in [-0.2, 0) is 19.1 Å². The summed E-state index contributed by atoms with van der Waals surface area (Å²) in [5.74, 6) is -1.28. The Morgan fingerprint density at radius 1 is 1.13 bits per heavy atom. The standard InChI is InChI=1S/C21H17F4N5O/c22-15-10-13(21(23,24)25)4-5-17(15)28-16-3-1-2-12-11-30(9-7-14(12)16)19(31)18-6-8-27-20(26)29-18/h1-6,8,10,28H,7,9,11H2,(H2,26,27,29). The quantitative estimate of drug-likeness (QED) is 0.609. The minimum Gasteiger partial charge on any atom is -0.368 e. The number of nitrogen functional groups attached to an aromatic ring is 1. The van der Waals surface area contributed by atoms with Crippen molar-refractivity contribution in [3.63, 3.8) is 0 Å². The number of hydrogen-bond donors (Lipinski definition) is 2. The van der Waals surface area contributed by atoms with Crippen LogP contribution >= 0.6 is 0 Å². The molecule has 1 amide bonds. The fraction of sp³-hybridized carbons (Fsp3) is 0.190. The van der Waals surface area contributed by atoms with Crippen LogP contribution in [0.25, 0.3) is 0 Å². The van der Waals surface area contributed by atoms with E-state index in [2.05, 4.69) is 15.3 Å². The second-order valence-corrected chi connectivity index (χ2v) is 7.04. The first-order chi connectivity index (χ1) is 14.7. The molecule has 0 radical (unpaired) electrons. The summed E-state index contributed by atoms with van der Waals surface area (Å²) in [4.78, 5) is 22.1. The summed E-state index contributed by atoms with van der Waals surface area (Å²) >= 11 is 0. The Balaban J connectivity index is 1.55. The van der Waals surface area contributed by atoms with E-state index in [1.807, 2.05) is 6.07 Å². The van der Waals surface area contributed by atoms with Gasteiger partial charge in [-0.1, -0.05) is 12.1 Å². The van der Waals surface area contributed by atoms with Crippen molar-refractivity contribution in [1.29, 1.82) is 0 Å². The van der Waals surface area contributed by atoms with E-state index in [-0.39, 0.29) is 23.2 Å². The van der Waals surface area contributed by atoms with Crippen molar-refractivity contribution in [3.8, 4) is 0 Å². The molecule has 1 aromatic heterocycles. The maximum absolute atomic E-state index is 14.2. The van der Waals surface area contributed by atoms with Gasteiger partial charge in [0.25, 0.3) is 5.91 Å². The van der Waals surface area contributed by atoms with Gasteiger partial charge in [0.2, 0.25) is 5.95 Å². The summed E-state index contributed by atoms with van der Waals surface area (Å²) in [7, 11) is 0. The minimum atomic E-state index is -4.62. The predicted molar refractivity (Wildman–Crippen MR) is 106 cm³/mol. The van der Waals surface area contributed by atoms with E-state index < -0.39 is 17.6 Å². The van der Waals surface area contributed by atoms with Crippen molar-refractivity contribution < 1.29 is 22.4 Å². The molecule has 0 atom stereocenters. The lowest BCUT2D eigenvalue weighted by atomic mass is 9.97. The average molecular weight is 431 g/mol. The zero-order valence-electron chi connectivity index (χ0n) is 16.1. The Morgan fingerprint density at radius 3 is 2.65 bits per heavy atom. The number of rotatable bonds is 3. The summed E-state index contributed by atoms with van der Waals surface area (Å²) < 4.78 is 52.5. The molecule has 0 unspecified atom stereocenters. The molecule has 0 aliphatic carbocycles. The molecule has 0 spiro atoms. The molecular formula is C21H17F4N5O. The van der Waals surface area contributed by atoms with Crippen LogP contribution in [0.3, 0.4) is 0 Å². The Morgan fingerprint density at radius 2 is 1.94 bits per heavy atom. The number of aromatic nitrogens is 2. The molecular weight excluding hydrogens is 414 g/mol. The largest absolute Gasteiger partial charge is 0.416 e. The summed E-state index contributed by atoms with van der Waals surface area (Å²) in [5, 5.41) is 2.88. The van der Waals surface area contributed by atoms with Gasteiger partial charge in [-0.25, -0.2) is 14.4 Å². The molecule has 160 valence electrons. The first-order valence-electron chi connectivity index (χ1n) is 9.34. The number of hydrogen-bond acceptors (Lipinski definition) is 5. The summed E-state index contributed by atoms with van der Waals surface area (Å²) in [6, 6.07) is 9.14. The fourth-order valence-electron chi connectivity index (χ4n) is 3.49. The third-order valence-electron chi connectivity index (χ3n) is 5.01. The van der Waals surface area contributed by atoms with Crippen LogP contribution in [0.1, 0.15) is 27.2 Å². The monoisotopic (exact) mass is 431 g/mol. The van der Waals surface area contributed by atoms with Crippen LogP contribution < -0.4 is 11.1 Å². The highest BCUT2D eigenvalue weighted by atomic mass is 19.4. The number of benzene rings is 2. The third kappa shape index (κ3) is 4.27. The first-order valence-corrected chi connectivity index (χ1v) is 9.34. The molecule has 0 saturated carbocycles. The summed E-state index contributed by atoms with van der Waals surface area (Å²) in [6.07, 6.45) is -2.73. The average Bonchev–Trinajstić information content (AvgIpc) is 2.73. The van der Waals surface area contributed by atoms with Gasteiger partial charge in [-0.3, -0.25) is 4.79 Å². The van der Waals surface area contributed by atoms with Gasteiger partial charge in [0, 0.05) is 25.0 Å². The number of fused-ring (bicyclic) bond motifs is 1. The predicted octanol–water partition coefficient (Wildman–Crippen LogP) is 4.16. The number of nitrogens with one attached hydrogen (secondary N) is 1. The van der Waals surface area contributed by atoms with Crippen molar-refractivity contribution in [2.75, 3.05) is 17.6 Å². The highest BCUT2D eigenvalue weighted by Crippen LogP contribution is 2.34. The van der Waals surface area contributed by atoms with Crippen LogP contribution in [0, 0.1) is 5.82 Å². The van der Waals surface area contributed by atoms with E-state index >= 15 is 0 Å². The number of anilines is 3. The Labute approximate surface area is 174 Å². The zero-order chi connectivity index (χ0) is 22.2. The molecule has 0 saturated heterocycles. The number of alkyl halides is 3. The number of carbonyl (C=O) groups is 1. The van der Waals surface area contributed by atoms with Crippen LogP contribution in [0.2, 0.25) is 0 Å². The number of amides is 1. The minimum absolute atomic E-state index is 0.00770. The van der Waals surface area contributed by atoms with E-state index in [0.717, 1.165) is 23.3 Å². The number of nitrogens with two attached hydrogens (primary N) is 1. The second kappa shape index (κ2) is 7.86. The van der Waals surface area contributed by atoms with E-state index in [1.165, 1.54) is 12.3 Å². The van der Waals surface area contributed by atoms with E-state index in [1.54, 1.807) is 17.0 Å². The molecule has 0 bridgehead atoms. The van der Waals surface area contributed by atoms with Crippen molar-refractivity contribution in [2.45, 2.75) is 19.1 Å². The van der Waals surface area contributed by atoms with Crippen LogP contribution in [0.5, 0.6) is 0 Å². The molecule has 4 rings (SSSR count). The topological polar surface area (TPSA) is 84.1 Å². The molecule has 1 aliphatic heterocycles. The van der Waals surface area contributed by atoms with Gasteiger partial charge in [0.05, 0.1) is 11.3 Å². The molecule has 1 aliphatic rings. The van der Waals surface area contributed by atoms with Gasteiger partial charge < -0.3 is 16.0 Å². The Bertz CT molecular complexity index is 1150. The summed E-state index contributed by atoms with van der Waals surface area (Å²) in [6.45, 7) is 0.701. The Hall–Kier alpha value is -3.69. The van der Waals surface area contributed by atoms with Crippen molar-refractivity contribution in [1.82, 2.24) is 14.9 Å². The van der Waals surface area contributed by atoms with Crippen molar-refractivity contribution >= 4 is 23.2 Å². The molecule has 6 nitrogen and oxygen atoms in total. The third-order valence-corrected chi connectivity index (χ3v) is 5.01. The lowest BCUT2D eigenvalue weighted by Gasteiger charge is -2.30. The molecule has 10 heteroatoms. The van der Waals surface area contributed by atoms with E-state index in [9.17, 15) is 22.4 Å². The number of nitrogens with zero attached hydrogens (tertiary/aromatic N) is 3. The van der Waals surface area contributed by atoms with Crippen molar-refractivity contribution in [3.05, 3.63) is 76.9 Å². The lowest BCUT2D eigenvalue weighted by Crippen LogP contribution is -2.36. The number of carbonyl (C=O) groups excluding carboxylic acids is 1. The van der Waals surface area contributed by atoms with E-state index in [0.29, 0.717) is 31.3 Å². The van der Waals surface area contributed by atoms with Gasteiger partial charge in [-0.2, -0.15) is 13.2 Å². The second-order valence-electron chi connectivity index (χ2n) is 7.04. The van der Waals surface area contributed by atoms with Gasteiger partial charge in [-0.15, -0.1) is 0 Å². The molecule has 2 aromatic carbocycles. The van der Waals surface area contributed by atoms with Crippen molar-refractivity contribution in [2.24, 2.45) is 0 Å². The van der Waals surface area contributed by atoms with Crippen LogP contribution in [0.15, 0.2) is 48.7 Å². The zero-order valence-corrected chi connectivity index (χ0v) is 16.1. The number of halogens is 4. The maximum atomic E-state index is 14.2. The fourth-order valence-corrected chi connectivity index (χ4v) is 3.49. The summed E-state index contributed by atoms with van der Waals surface area (Å²) in [5.41, 5.74) is 6.92. The first kappa shape index (κ1) is 20.6. The molecule has 0 fully saturated rings. The van der Waals surface area contributed by atoms with Gasteiger partial charge >= 0.3 is 6.18 Å². The molecule has 3 aromatic rings. The molecule has 31 heavy (non-hydrogen) atoms. The smallest absolute Gasteiger partial charge is 0.368 e. The molecule has 2 heterocycles. The Kier molecular flexibility index (Phi) is 5.22. The van der Waals surface area contributed by atoms with Crippen LogP contribution in [0.4, 0.5) is 34.9 Å². The van der Waals surface area contributed by atoms with Gasteiger partial charge in [0.1, 0.15) is 11.5 Å². The van der Waals surface area contributed by atoms with E-state index in [4.69, 9.17) is 5.73 Å². The van der Waals surface area contributed by atoms with Gasteiger partial charge in [-0.05, 0) is 47.9 Å². The SMILES string of the molecule is Nc1nccc(C(=O)N2CCc3c(cccc3Nc3ccc(C(F)(F)F)cc3F)C2)n1. The van der Waals surface area contributed by atoms with Crippen LogP contribution in [-0.4, -0.2) is 27.3 Å². The lowest BCUT2D eigenvalue weighted by molar-refractivity contribution is -0.137. The normalized spacial score (nSPS) is 13.6. The molecule has 3 N–H and O–H groups in total. The highest BCUT2D eigenvalue weighted by Gasteiger charge is 2.31.